The predicted octanol–water partition coefficient (Wildman–Crippen LogP) is 4.35. The van der Waals surface area contributed by atoms with Crippen LogP contribution in [0.15, 0.2) is 47.0 Å². The lowest BCUT2D eigenvalue weighted by Crippen LogP contribution is -2.18. The van der Waals surface area contributed by atoms with E-state index in [-0.39, 0.29) is 24.6 Å². The molecule has 2 heterocycles. The van der Waals surface area contributed by atoms with Crippen LogP contribution in [0.25, 0.3) is 11.3 Å². The van der Waals surface area contributed by atoms with Crippen molar-refractivity contribution in [1.82, 2.24) is 9.97 Å². The number of alkyl halides is 3. The molecule has 0 aliphatic heterocycles. The average Bonchev–Trinajstić information content (AvgIpc) is 3.17. The summed E-state index contributed by atoms with van der Waals surface area (Å²) in [5.41, 5.74) is 1.76. The monoisotopic (exact) mass is 463 g/mol. The van der Waals surface area contributed by atoms with E-state index >= 15 is 0 Å². The van der Waals surface area contributed by atoms with Crippen molar-refractivity contribution in [3.63, 3.8) is 0 Å². The van der Waals surface area contributed by atoms with Crippen LogP contribution in [0.2, 0.25) is 0 Å². The maximum absolute atomic E-state index is 13.0. The van der Waals surface area contributed by atoms with Gasteiger partial charge in [-0.05, 0) is 24.1 Å². The molecule has 1 aromatic carbocycles. The number of aromatic nitrogens is 2. The second-order valence-electron chi connectivity index (χ2n) is 7.00. The zero-order valence-electron chi connectivity index (χ0n) is 17.5. The molecule has 0 spiro atoms. The maximum Gasteiger partial charge on any atom is 0.452 e. The number of ether oxygens (including phenoxy) is 1. The van der Waals surface area contributed by atoms with Gasteiger partial charge in [0.2, 0.25) is 5.76 Å². The van der Waals surface area contributed by atoms with Crippen molar-refractivity contribution in [1.29, 1.82) is 0 Å². The van der Waals surface area contributed by atoms with Gasteiger partial charge in [0.1, 0.15) is 0 Å². The number of halogens is 3. The Morgan fingerprint density at radius 3 is 2.45 bits per heavy atom. The molecular formula is C22H20F3N3O5. The molecule has 0 saturated carbocycles. The molecule has 0 unspecified atom stereocenters. The SMILES string of the molecule is Cc1nc(C(=O)Nc2ccc(-c3ccc(CCOCCC(=O)O)cc3)nc2)c(C(F)(F)F)o1. The number of hydrogen-bond acceptors (Lipinski definition) is 6. The molecule has 33 heavy (non-hydrogen) atoms. The minimum Gasteiger partial charge on any atom is -0.481 e. The van der Waals surface area contributed by atoms with E-state index in [1.165, 1.54) is 19.2 Å². The fourth-order valence-electron chi connectivity index (χ4n) is 2.90. The lowest BCUT2D eigenvalue weighted by atomic mass is 10.1. The van der Waals surface area contributed by atoms with E-state index in [2.05, 4.69) is 19.7 Å². The van der Waals surface area contributed by atoms with E-state index in [0.29, 0.717) is 18.7 Å². The molecule has 3 aromatic rings. The number of carbonyl (C=O) groups excluding carboxylic acids is 1. The zero-order chi connectivity index (χ0) is 24.0. The Morgan fingerprint density at radius 2 is 1.85 bits per heavy atom. The van der Waals surface area contributed by atoms with E-state index in [4.69, 9.17) is 9.84 Å². The first-order valence-corrected chi connectivity index (χ1v) is 9.84. The number of pyridine rings is 1. The van der Waals surface area contributed by atoms with Crippen molar-refractivity contribution in [3.8, 4) is 11.3 Å². The molecule has 0 fully saturated rings. The number of carboxylic acids is 1. The highest BCUT2D eigenvalue weighted by Crippen LogP contribution is 2.33. The van der Waals surface area contributed by atoms with Crippen LogP contribution in [-0.4, -0.2) is 40.2 Å². The Bertz CT molecular complexity index is 1110. The van der Waals surface area contributed by atoms with Crippen LogP contribution < -0.4 is 5.32 Å². The standard InChI is InChI=1S/C22H20F3N3O5/c1-13-27-19(20(33-13)22(23,24)25)21(31)28-16-6-7-17(26-12-16)15-4-2-14(3-5-15)8-10-32-11-9-18(29)30/h2-7,12H,8-11H2,1H3,(H,28,31)(H,29,30). The van der Waals surface area contributed by atoms with Crippen LogP contribution in [0, 0.1) is 6.92 Å². The Kier molecular flexibility index (Phi) is 7.44. The summed E-state index contributed by atoms with van der Waals surface area (Å²) >= 11 is 0. The van der Waals surface area contributed by atoms with Crippen molar-refractivity contribution in [2.24, 2.45) is 0 Å². The molecule has 0 bridgehead atoms. The number of hydrogen-bond donors (Lipinski definition) is 2. The average molecular weight is 463 g/mol. The summed E-state index contributed by atoms with van der Waals surface area (Å²) in [5, 5.41) is 10.9. The number of amides is 1. The van der Waals surface area contributed by atoms with Gasteiger partial charge in [-0.3, -0.25) is 14.6 Å². The van der Waals surface area contributed by atoms with E-state index in [1.54, 1.807) is 6.07 Å². The van der Waals surface area contributed by atoms with Gasteiger partial charge in [-0.1, -0.05) is 24.3 Å². The maximum atomic E-state index is 13.0. The van der Waals surface area contributed by atoms with Gasteiger partial charge in [0.15, 0.2) is 11.6 Å². The summed E-state index contributed by atoms with van der Waals surface area (Å²) in [6, 6.07) is 10.6. The molecule has 8 nitrogen and oxygen atoms in total. The van der Waals surface area contributed by atoms with Gasteiger partial charge in [0, 0.05) is 12.5 Å². The highest BCUT2D eigenvalue weighted by atomic mass is 19.4. The fourth-order valence-corrected chi connectivity index (χ4v) is 2.90. The van der Waals surface area contributed by atoms with Crippen LogP contribution in [0.5, 0.6) is 0 Å². The van der Waals surface area contributed by atoms with Crippen molar-refractivity contribution in [3.05, 3.63) is 65.5 Å². The lowest BCUT2D eigenvalue weighted by Gasteiger charge is -2.08. The van der Waals surface area contributed by atoms with E-state index in [0.717, 1.165) is 11.1 Å². The Labute approximate surface area is 186 Å². The molecule has 174 valence electrons. The van der Waals surface area contributed by atoms with Gasteiger partial charge in [-0.15, -0.1) is 0 Å². The molecule has 0 aliphatic carbocycles. The molecule has 0 aliphatic rings. The third kappa shape index (κ3) is 6.62. The van der Waals surface area contributed by atoms with Crippen molar-refractivity contribution >= 4 is 17.6 Å². The van der Waals surface area contributed by atoms with Crippen molar-refractivity contribution in [2.75, 3.05) is 18.5 Å². The minimum absolute atomic E-state index is 0.0389. The number of carbonyl (C=O) groups is 2. The molecule has 1 amide bonds. The summed E-state index contributed by atoms with van der Waals surface area (Å²) in [7, 11) is 0. The van der Waals surface area contributed by atoms with Gasteiger partial charge >= 0.3 is 12.1 Å². The van der Waals surface area contributed by atoms with Crippen molar-refractivity contribution < 1.29 is 37.0 Å². The summed E-state index contributed by atoms with van der Waals surface area (Å²) in [6.07, 6.45) is -2.92. The quantitative estimate of drug-likeness (QED) is 0.454. The number of rotatable bonds is 9. The molecule has 2 aromatic heterocycles. The Morgan fingerprint density at radius 1 is 1.12 bits per heavy atom. The molecule has 2 N–H and O–H groups in total. The normalized spacial score (nSPS) is 11.4. The summed E-state index contributed by atoms with van der Waals surface area (Å²) < 4.78 is 48.8. The second-order valence-corrected chi connectivity index (χ2v) is 7.00. The third-order valence-corrected chi connectivity index (χ3v) is 4.47. The van der Waals surface area contributed by atoms with Crippen LogP contribution in [0.3, 0.4) is 0 Å². The number of aryl methyl sites for hydroxylation is 1. The van der Waals surface area contributed by atoms with Crippen LogP contribution in [-0.2, 0) is 22.1 Å². The van der Waals surface area contributed by atoms with E-state index < -0.39 is 29.5 Å². The molecule has 11 heteroatoms. The minimum atomic E-state index is -4.84. The van der Waals surface area contributed by atoms with Crippen LogP contribution in [0.4, 0.5) is 18.9 Å². The first-order valence-electron chi connectivity index (χ1n) is 9.84. The van der Waals surface area contributed by atoms with Gasteiger partial charge in [-0.2, -0.15) is 13.2 Å². The molecule has 3 rings (SSSR count). The highest BCUT2D eigenvalue weighted by molar-refractivity contribution is 6.03. The Balaban J connectivity index is 1.59. The molecule has 0 saturated heterocycles. The van der Waals surface area contributed by atoms with Gasteiger partial charge in [-0.25, -0.2) is 4.98 Å². The van der Waals surface area contributed by atoms with Crippen LogP contribution in [0.1, 0.15) is 34.1 Å². The van der Waals surface area contributed by atoms with Gasteiger partial charge in [0.05, 0.1) is 37.2 Å². The first kappa shape index (κ1) is 23.9. The topological polar surface area (TPSA) is 115 Å². The molecule has 0 atom stereocenters. The number of anilines is 1. The number of nitrogens with one attached hydrogen (secondary N) is 1. The zero-order valence-corrected chi connectivity index (χ0v) is 17.5. The van der Waals surface area contributed by atoms with E-state index in [1.807, 2.05) is 24.3 Å². The number of carboxylic acid groups (broad SMARTS) is 1. The first-order chi connectivity index (χ1) is 15.6. The predicted molar refractivity (Wildman–Crippen MR) is 111 cm³/mol. The second kappa shape index (κ2) is 10.3. The van der Waals surface area contributed by atoms with Gasteiger partial charge in [0.25, 0.3) is 5.91 Å². The van der Waals surface area contributed by atoms with Crippen molar-refractivity contribution in [2.45, 2.75) is 25.9 Å². The lowest BCUT2D eigenvalue weighted by molar-refractivity contribution is -0.153. The highest BCUT2D eigenvalue weighted by Gasteiger charge is 2.41. The summed E-state index contributed by atoms with van der Waals surface area (Å²) in [6.45, 7) is 1.79. The fraction of sp³-hybridized carbons (Fsp3) is 0.273. The summed E-state index contributed by atoms with van der Waals surface area (Å²) in [5.74, 6) is -3.67. The third-order valence-electron chi connectivity index (χ3n) is 4.47. The number of oxazole rings is 1. The summed E-state index contributed by atoms with van der Waals surface area (Å²) in [4.78, 5) is 30.5. The number of benzene rings is 1. The largest absolute Gasteiger partial charge is 0.481 e. The molecular weight excluding hydrogens is 443 g/mol. The number of nitrogens with zero attached hydrogens (tertiary/aromatic N) is 2. The van der Waals surface area contributed by atoms with Crippen LogP contribution >= 0.6 is 0 Å². The molecule has 0 radical (unpaired) electrons. The number of aliphatic carboxylic acids is 1. The smallest absolute Gasteiger partial charge is 0.452 e. The Hall–Kier alpha value is -3.73. The van der Waals surface area contributed by atoms with E-state index in [9.17, 15) is 22.8 Å². The van der Waals surface area contributed by atoms with Gasteiger partial charge < -0.3 is 19.6 Å².